The zero-order valence-electron chi connectivity index (χ0n) is 21.5. The molecule has 188 valence electrons. The van der Waals surface area contributed by atoms with Gasteiger partial charge in [-0.3, -0.25) is 10.1 Å². The van der Waals surface area contributed by atoms with Crippen molar-refractivity contribution >= 4 is 29.0 Å². The van der Waals surface area contributed by atoms with Crippen molar-refractivity contribution in [1.82, 2.24) is 9.47 Å². The highest BCUT2D eigenvalue weighted by Crippen LogP contribution is 2.42. The maximum atomic E-state index is 12.2. The van der Waals surface area contributed by atoms with Crippen molar-refractivity contribution in [2.75, 3.05) is 26.5 Å². The third-order valence-corrected chi connectivity index (χ3v) is 6.70. The van der Waals surface area contributed by atoms with Crippen LogP contribution in [-0.2, 0) is 4.74 Å². The fourth-order valence-electron chi connectivity index (χ4n) is 4.51. The summed E-state index contributed by atoms with van der Waals surface area (Å²) < 4.78 is 7.66. The van der Waals surface area contributed by atoms with Gasteiger partial charge in [0.1, 0.15) is 18.5 Å². The van der Waals surface area contributed by atoms with Crippen molar-refractivity contribution in [1.29, 1.82) is 5.26 Å². The van der Waals surface area contributed by atoms with Gasteiger partial charge in [0, 0.05) is 22.7 Å². The largest absolute Gasteiger partial charge is 0.446 e. The van der Waals surface area contributed by atoms with Crippen LogP contribution in [0.5, 0.6) is 0 Å². The number of amides is 1. The summed E-state index contributed by atoms with van der Waals surface area (Å²) in [6.45, 7) is 1.93. The smallest absolute Gasteiger partial charge is 0.411 e. The molecule has 0 radical (unpaired) electrons. The van der Waals surface area contributed by atoms with Crippen molar-refractivity contribution in [3.8, 4) is 17.3 Å². The Kier molecular flexibility index (Phi) is 7.76. The van der Waals surface area contributed by atoms with E-state index in [2.05, 4.69) is 16.0 Å². The van der Waals surface area contributed by atoms with Crippen LogP contribution in [0.3, 0.4) is 0 Å². The maximum Gasteiger partial charge on any atom is 0.411 e. The minimum Gasteiger partial charge on any atom is -0.446 e. The van der Waals surface area contributed by atoms with Gasteiger partial charge in [-0.05, 0) is 89.9 Å². The lowest BCUT2D eigenvalue weighted by molar-refractivity contribution is 0.108. The second-order valence-corrected chi connectivity index (χ2v) is 10.2. The van der Waals surface area contributed by atoms with Gasteiger partial charge in [0.15, 0.2) is 0 Å². The highest BCUT2D eigenvalue weighted by atomic mass is 16.6. The highest BCUT2D eigenvalue weighted by Gasteiger charge is 2.31. The molecule has 36 heavy (non-hydrogen) atoms. The van der Waals surface area contributed by atoms with E-state index in [9.17, 15) is 14.9 Å². The molecule has 2 saturated carbocycles. The number of rotatable bonds is 6. The Hall–Kier alpha value is -3.63. The van der Waals surface area contributed by atoms with Crippen LogP contribution < -0.4 is 5.32 Å². The monoisotopic (exact) mass is 486 g/mol. The van der Waals surface area contributed by atoms with E-state index >= 15 is 0 Å². The Bertz CT molecular complexity index is 1280. The zero-order chi connectivity index (χ0) is 25.8. The lowest BCUT2D eigenvalue weighted by atomic mass is 9.92. The molecule has 1 amide bonds. The number of hydrogen-bond acceptors (Lipinski definition) is 5. The fraction of sp³-hybridized carbons (Fsp3) is 0.414. The van der Waals surface area contributed by atoms with Crippen LogP contribution in [0, 0.1) is 17.2 Å². The van der Waals surface area contributed by atoms with E-state index in [1.807, 2.05) is 69.4 Å². The number of nitriles is 1. The SMILES string of the molecule is CN(C)C.C[C@@H](OC(=O)Nc1ccc(-c2c(C#N)c3ccc(C=O)cc3n2C2CCC2)cc1)C1CC1. The Morgan fingerprint density at radius 2 is 1.81 bits per heavy atom. The molecule has 2 fully saturated rings. The van der Waals surface area contributed by atoms with Crippen LogP contribution in [0.15, 0.2) is 42.5 Å². The number of hydrogen-bond donors (Lipinski definition) is 1. The normalized spacial score (nSPS) is 15.9. The number of carbonyl (C=O) groups is 2. The quantitative estimate of drug-likeness (QED) is 0.417. The third-order valence-electron chi connectivity index (χ3n) is 6.70. The highest BCUT2D eigenvalue weighted by molar-refractivity contribution is 5.97. The van der Waals surface area contributed by atoms with Crippen LogP contribution in [0.4, 0.5) is 10.5 Å². The lowest BCUT2D eigenvalue weighted by Gasteiger charge is -2.30. The minimum atomic E-state index is -0.445. The summed E-state index contributed by atoms with van der Waals surface area (Å²) in [6, 6.07) is 15.7. The van der Waals surface area contributed by atoms with E-state index in [1.54, 1.807) is 6.07 Å². The van der Waals surface area contributed by atoms with Crippen LogP contribution in [-0.4, -0.2) is 49.1 Å². The van der Waals surface area contributed by atoms with Crippen molar-refractivity contribution in [2.45, 2.75) is 51.2 Å². The molecule has 1 atom stereocenters. The zero-order valence-corrected chi connectivity index (χ0v) is 21.5. The molecule has 5 rings (SSSR count). The second-order valence-electron chi connectivity index (χ2n) is 10.2. The molecule has 1 N–H and O–H groups in total. The fourth-order valence-corrected chi connectivity index (χ4v) is 4.51. The Morgan fingerprint density at radius 3 is 2.33 bits per heavy atom. The molecule has 1 aromatic heterocycles. The van der Waals surface area contributed by atoms with Gasteiger partial charge in [-0.1, -0.05) is 24.3 Å². The van der Waals surface area contributed by atoms with Gasteiger partial charge >= 0.3 is 6.09 Å². The Labute approximate surface area is 212 Å². The molecule has 2 aliphatic carbocycles. The molecule has 2 aliphatic rings. The average molecular weight is 487 g/mol. The predicted octanol–water partition coefficient (Wildman–Crippen LogP) is 6.24. The van der Waals surface area contributed by atoms with Crippen LogP contribution >= 0.6 is 0 Å². The lowest BCUT2D eigenvalue weighted by Crippen LogP contribution is -2.21. The van der Waals surface area contributed by atoms with Crippen LogP contribution in [0.1, 0.15) is 61.0 Å². The number of nitrogens with one attached hydrogen (secondary N) is 1. The van der Waals surface area contributed by atoms with Gasteiger partial charge in [-0.15, -0.1) is 0 Å². The summed E-state index contributed by atoms with van der Waals surface area (Å²) in [5.41, 5.74) is 4.56. The summed E-state index contributed by atoms with van der Waals surface area (Å²) in [6.07, 6.45) is 5.83. The van der Waals surface area contributed by atoms with E-state index in [0.717, 1.165) is 60.6 Å². The molecule has 3 aromatic rings. The van der Waals surface area contributed by atoms with Crippen LogP contribution in [0.25, 0.3) is 22.2 Å². The number of carbonyl (C=O) groups excluding carboxylic acids is 2. The first-order valence-electron chi connectivity index (χ1n) is 12.5. The molecule has 0 aliphatic heterocycles. The summed E-state index contributed by atoms with van der Waals surface area (Å²) in [4.78, 5) is 25.5. The Balaban J connectivity index is 0.000000709. The first kappa shape index (κ1) is 25.5. The van der Waals surface area contributed by atoms with E-state index in [0.29, 0.717) is 28.8 Å². The molecule has 7 nitrogen and oxygen atoms in total. The summed E-state index contributed by atoms with van der Waals surface area (Å²) >= 11 is 0. The van der Waals surface area contributed by atoms with Crippen molar-refractivity contribution in [3.05, 3.63) is 53.6 Å². The molecule has 0 saturated heterocycles. The van der Waals surface area contributed by atoms with Gasteiger partial charge in [-0.25, -0.2) is 4.79 Å². The number of aldehydes is 1. The summed E-state index contributed by atoms with van der Waals surface area (Å²) in [5, 5.41) is 13.6. The number of anilines is 1. The first-order valence-corrected chi connectivity index (χ1v) is 12.5. The van der Waals surface area contributed by atoms with E-state index in [-0.39, 0.29) is 6.10 Å². The average Bonchev–Trinajstić information content (AvgIpc) is 3.62. The third kappa shape index (κ3) is 5.60. The van der Waals surface area contributed by atoms with Crippen molar-refractivity contribution < 1.29 is 14.3 Å². The predicted molar refractivity (Wildman–Crippen MR) is 142 cm³/mol. The van der Waals surface area contributed by atoms with Gasteiger partial charge in [-0.2, -0.15) is 5.26 Å². The number of fused-ring (bicyclic) bond motifs is 1. The first-order chi connectivity index (χ1) is 17.3. The molecule has 2 aromatic carbocycles. The van der Waals surface area contributed by atoms with Crippen LogP contribution in [0.2, 0.25) is 0 Å². The van der Waals surface area contributed by atoms with Gasteiger partial charge < -0.3 is 14.2 Å². The van der Waals surface area contributed by atoms with E-state index < -0.39 is 6.09 Å². The number of ether oxygens (including phenoxy) is 1. The molecule has 0 unspecified atom stereocenters. The van der Waals surface area contributed by atoms with E-state index in [1.165, 1.54) is 0 Å². The van der Waals surface area contributed by atoms with Gasteiger partial charge in [0.05, 0.1) is 16.8 Å². The molecule has 1 heterocycles. The van der Waals surface area contributed by atoms with E-state index in [4.69, 9.17) is 4.74 Å². The number of nitrogens with zero attached hydrogens (tertiary/aromatic N) is 3. The Morgan fingerprint density at radius 1 is 1.14 bits per heavy atom. The molecule has 0 bridgehead atoms. The number of benzene rings is 2. The second kappa shape index (κ2) is 11.0. The van der Waals surface area contributed by atoms with Gasteiger partial charge in [0.25, 0.3) is 0 Å². The standard InChI is InChI=1S/C26H25N3O3.C3H9N/c1-16(18-6-7-18)32-26(31)28-20-10-8-19(9-11-20)25-23(14-27)22-12-5-17(15-30)13-24(22)29(25)21-3-2-4-21;1-4(2)3/h5,8-13,15-16,18,21H,2-4,6-7H2,1H3,(H,28,31);1-3H3/t16-;/m1./s1. The minimum absolute atomic E-state index is 0.0677. The number of aromatic nitrogens is 1. The molecule has 0 spiro atoms. The maximum absolute atomic E-state index is 12.2. The molecular formula is C29H34N4O3. The summed E-state index contributed by atoms with van der Waals surface area (Å²) in [7, 11) is 6.00. The molecular weight excluding hydrogens is 452 g/mol. The van der Waals surface area contributed by atoms with Gasteiger partial charge in [0.2, 0.25) is 0 Å². The van der Waals surface area contributed by atoms with Crippen molar-refractivity contribution in [3.63, 3.8) is 0 Å². The summed E-state index contributed by atoms with van der Waals surface area (Å²) in [5.74, 6) is 0.487. The van der Waals surface area contributed by atoms with Crippen molar-refractivity contribution in [2.24, 2.45) is 5.92 Å². The topological polar surface area (TPSA) is 87.4 Å². The molecule has 7 heteroatoms.